The van der Waals surface area contributed by atoms with Crippen LogP contribution in [0.15, 0.2) is 36.4 Å². The van der Waals surface area contributed by atoms with Crippen LogP contribution in [-0.2, 0) is 6.42 Å². The van der Waals surface area contributed by atoms with Crippen molar-refractivity contribution in [2.24, 2.45) is 0 Å². The van der Waals surface area contributed by atoms with Gasteiger partial charge in [-0.25, -0.2) is 4.39 Å². The van der Waals surface area contributed by atoms with E-state index in [-0.39, 0.29) is 11.4 Å². The summed E-state index contributed by atoms with van der Waals surface area (Å²) in [6.07, 6.45) is -0.491. The van der Waals surface area contributed by atoms with E-state index in [0.29, 0.717) is 22.6 Å². The average molecular weight is 311 g/mol. The largest absolute Gasteiger partial charge is 0.493 e. The van der Waals surface area contributed by atoms with Crippen molar-refractivity contribution in [2.75, 3.05) is 14.2 Å². The molecule has 0 aliphatic heterocycles. The van der Waals surface area contributed by atoms with E-state index in [1.54, 1.807) is 31.4 Å². The molecule has 0 aliphatic rings. The number of benzene rings is 2. The molecule has 0 aromatic heterocycles. The SMILES string of the molecule is COc1ccc(C(O)Cc2ccc(Cl)c(F)c2)cc1OC. The number of methoxy groups -OCH3 is 2. The van der Waals surface area contributed by atoms with Gasteiger partial charge in [-0.15, -0.1) is 0 Å². The van der Waals surface area contributed by atoms with E-state index in [4.69, 9.17) is 21.1 Å². The maximum Gasteiger partial charge on any atom is 0.161 e. The minimum absolute atomic E-state index is 0.0688. The molecule has 0 saturated heterocycles. The Kier molecular flexibility index (Phi) is 5.04. The molecule has 0 radical (unpaired) electrons. The van der Waals surface area contributed by atoms with Crippen LogP contribution in [-0.4, -0.2) is 19.3 Å². The molecule has 0 saturated carbocycles. The maximum absolute atomic E-state index is 13.4. The summed E-state index contributed by atoms with van der Waals surface area (Å²) in [5.74, 6) is 0.635. The molecule has 0 spiro atoms. The van der Waals surface area contributed by atoms with Gasteiger partial charge >= 0.3 is 0 Å². The fourth-order valence-corrected chi connectivity index (χ4v) is 2.19. The standard InChI is InChI=1S/C16H16ClFO3/c1-20-15-6-4-11(9-16(15)21-2)14(19)8-10-3-5-12(17)13(18)7-10/h3-7,9,14,19H,8H2,1-2H3. The highest BCUT2D eigenvalue weighted by Crippen LogP contribution is 2.31. The van der Waals surface area contributed by atoms with Crippen LogP contribution >= 0.6 is 11.6 Å². The Morgan fingerprint density at radius 3 is 2.43 bits per heavy atom. The summed E-state index contributed by atoms with van der Waals surface area (Å²) in [4.78, 5) is 0. The van der Waals surface area contributed by atoms with E-state index < -0.39 is 11.9 Å². The van der Waals surface area contributed by atoms with E-state index in [1.807, 2.05) is 0 Å². The van der Waals surface area contributed by atoms with Crippen molar-refractivity contribution in [3.05, 3.63) is 58.4 Å². The number of halogens is 2. The Labute approximate surface area is 127 Å². The molecule has 0 aliphatic carbocycles. The van der Waals surface area contributed by atoms with Crippen LogP contribution in [0.3, 0.4) is 0 Å². The van der Waals surface area contributed by atoms with Crippen LogP contribution in [0.4, 0.5) is 4.39 Å². The first-order valence-corrected chi connectivity index (χ1v) is 6.77. The van der Waals surface area contributed by atoms with Gasteiger partial charge in [-0.1, -0.05) is 23.7 Å². The van der Waals surface area contributed by atoms with E-state index >= 15 is 0 Å². The van der Waals surface area contributed by atoms with Crippen molar-refractivity contribution in [1.82, 2.24) is 0 Å². The van der Waals surface area contributed by atoms with Crippen LogP contribution in [0.2, 0.25) is 5.02 Å². The Hall–Kier alpha value is -1.78. The molecular weight excluding hydrogens is 295 g/mol. The number of rotatable bonds is 5. The first-order chi connectivity index (χ1) is 10.0. The normalized spacial score (nSPS) is 12.0. The first kappa shape index (κ1) is 15.6. The van der Waals surface area contributed by atoms with Crippen molar-refractivity contribution in [1.29, 1.82) is 0 Å². The van der Waals surface area contributed by atoms with E-state index in [0.717, 1.165) is 0 Å². The number of ether oxygens (including phenoxy) is 2. The van der Waals surface area contributed by atoms with Crippen molar-refractivity contribution in [3.63, 3.8) is 0 Å². The fourth-order valence-electron chi connectivity index (χ4n) is 2.07. The molecule has 0 bridgehead atoms. The molecule has 112 valence electrons. The van der Waals surface area contributed by atoms with E-state index in [9.17, 15) is 9.50 Å². The third-order valence-corrected chi connectivity index (χ3v) is 3.51. The third kappa shape index (κ3) is 3.65. The Morgan fingerprint density at radius 2 is 1.81 bits per heavy atom. The topological polar surface area (TPSA) is 38.7 Å². The number of hydrogen-bond donors (Lipinski definition) is 1. The van der Waals surface area contributed by atoms with Gasteiger partial charge in [-0.2, -0.15) is 0 Å². The third-order valence-electron chi connectivity index (χ3n) is 3.21. The average Bonchev–Trinajstić information content (AvgIpc) is 2.50. The second-order valence-electron chi connectivity index (χ2n) is 4.58. The molecule has 5 heteroatoms. The first-order valence-electron chi connectivity index (χ1n) is 6.39. The second-order valence-corrected chi connectivity index (χ2v) is 4.99. The van der Waals surface area contributed by atoms with Crippen LogP contribution in [0, 0.1) is 5.82 Å². The molecule has 2 aromatic carbocycles. The lowest BCUT2D eigenvalue weighted by atomic mass is 10.0. The summed E-state index contributed by atoms with van der Waals surface area (Å²) in [5, 5.41) is 10.3. The Bertz CT molecular complexity index is 631. The molecule has 1 unspecified atom stereocenters. The molecule has 2 aromatic rings. The zero-order chi connectivity index (χ0) is 15.4. The van der Waals surface area contributed by atoms with Gasteiger partial charge in [0.05, 0.1) is 25.3 Å². The number of aliphatic hydroxyl groups excluding tert-OH is 1. The number of hydrogen-bond acceptors (Lipinski definition) is 3. The van der Waals surface area contributed by atoms with Gasteiger partial charge in [0.2, 0.25) is 0 Å². The predicted octanol–water partition coefficient (Wildman–Crippen LogP) is 3.77. The van der Waals surface area contributed by atoms with Crippen LogP contribution in [0.1, 0.15) is 17.2 Å². The summed E-state index contributed by atoms with van der Waals surface area (Å²) in [5.41, 5.74) is 1.34. The molecule has 1 N–H and O–H groups in total. The summed E-state index contributed by atoms with van der Waals surface area (Å²) < 4.78 is 23.7. The molecule has 0 fully saturated rings. The van der Waals surface area contributed by atoms with Gasteiger partial charge in [0, 0.05) is 6.42 Å². The van der Waals surface area contributed by atoms with Crippen molar-refractivity contribution >= 4 is 11.6 Å². The highest BCUT2D eigenvalue weighted by Gasteiger charge is 2.13. The molecule has 3 nitrogen and oxygen atoms in total. The lowest BCUT2D eigenvalue weighted by molar-refractivity contribution is 0.177. The van der Waals surface area contributed by atoms with Gasteiger partial charge in [-0.05, 0) is 35.4 Å². The summed E-state index contributed by atoms with van der Waals surface area (Å²) in [7, 11) is 3.08. The van der Waals surface area contributed by atoms with E-state index in [2.05, 4.69) is 0 Å². The molecule has 0 heterocycles. The lowest BCUT2D eigenvalue weighted by Crippen LogP contribution is -2.03. The van der Waals surface area contributed by atoms with Gasteiger partial charge in [0.25, 0.3) is 0 Å². The molecule has 1 atom stereocenters. The smallest absolute Gasteiger partial charge is 0.161 e. The van der Waals surface area contributed by atoms with Gasteiger partial charge in [-0.3, -0.25) is 0 Å². The monoisotopic (exact) mass is 310 g/mol. The zero-order valence-electron chi connectivity index (χ0n) is 11.8. The van der Waals surface area contributed by atoms with Crippen molar-refractivity contribution in [3.8, 4) is 11.5 Å². The van der Waals surface area contributed by atoms with Gasteiger partial charge < -0.3 is 14.6 Å². The Balaban J connectivity index is 2.19. The molecule has 2 rings (SSSR count). The fraction of sp³-hybridized carbons (Fsp3) is 0.250. The predicted molar refractivity (Wildman–Crippen MR) is 79.6 cm³/mol. The summed E-state index contributed by atoms with van der Waals surface area (Å²) >= 11 is 5.64. The highest BCUT2D eigenvalue weighted by atomic mass is 35.5. The highest BCUT2D eigenvalue weighted by molar-refractivity contribution is 6.30. The van der Waals surface area contributed by atoms with Crippen molar-refractivity contribution in [2.45, 2.75) is 12.5 Å². The zero-order valence-corrected chi connectivity index (χ0v) is 12.5. The second kappa shape index (κ2) is 6.78. The van der Waals surface area contributed by atoms with Crippen LogP contribution < -0.4 is 9.47 Å². The van der Waals surface area contributed by atoms with Crippen molar-refractivity contribution < 1.29 is 19.0 Å². The summed E-state index contributed by atoms with van der Waals surface area (Å²) in [6.45, 7) is 0. The summed E-state index contributed by atoms with van der Waals surface area (Å²) in [6, 6.07) is 9.67. The lowest BCUT2D eigenvalue weighted by Gasteiger charge is -2.14. The van der Waals surface area contributed by atoms with Crippen LogP contribution in [0.25, 0.3) is 0 Å². The van der Waals surface area contributed by atoms with Crippen LogP contribution in [0.5, 0.6) is 11.5 Å². The minimum atomic E-state index is -0.773. The number of aliphatic hydroxyl groups is 1. The maximum atomic E-state index is 13.4. The van der Waals surface area contributed by atoms with Gasteiger partial charge in [0.15, 0.2) is 11.5 Å². The molecule has 0 amide bonds. The quantitative estimate of drug-likeness (QED) is 0.913. The van der Waals surface area contributed by atoms with E-state index in [1.165, 1.54) is 19.2 Å². The molecule has 21 heavy (non-hydrogen) atoms. The minimum Gasteiger partial charge on any atom is -0.493 e. The molecular formula is C16H16ClFO3. The van der Waals surface area contributed by atoms with Gasteiger partial charge in [0.1, 0.15) is 5.82 Å². The Morgan fingerprint density at radius 1 is 1.10 bits per heavy atom.